The quantitative estimate of drug-likeness (QED) is 0.305. The van der Waals surface area contributed by atoms with Crippen molar-refractivity contribution in [1.82, 2.24) is 19.7 Å². The van der Waals surface area contributed by atoms with Gasteiger partial charge in [-0.2, -0.15) is 0 Å². The third kappa shape index (κ3) is 5.71. The van der Waals surface area contributed by atoms with Crippen LogP contribution in [-0.4, -0.2) is 61.2 Å². The molecule has 0 radical (unpaired) electrons. The molecule has 182 valence electrons. The van der Waals surface area contributed by atoms with Gasteiger partial charge in [-0.25, -0.2) is 0 Å². The summed E-state index contributed by atoms with van der Waals surface area (Å²) in [5.41, 5.74) is 3.81. The van der Waals surface area contributed by atoms with Crippen LogP contribution < -0.4 is 4.74 Å². The number of allylic oxidation sites excluding steroid dienone is 1. The number of fused-ring (bicyclic) bond motifs is 1. The van der Waals surface area contributed by atoms with Gasteiger partial charge in [0.2, 0.25) is 0 Å². The number of ether oxygens (including phenoxy) is 1. The van der Waals surface area contributed by atoms with E-state index >= 15 is 0 Å². The summed E-state index contributed by atoms with van der Waals surface area (Å²) in [6.07, 6.45) is 1.75. The first-order valence-corrected chi connectivity index (χ1v) is 12.5. The Balaban J connectivity index is 1.95. The van der Waals surface area contributed by atoms with E-state index in [1.165, 1.54) is 9.89 Å². The summed E-state index contributed by atoms with van der Waals surface area (Å²) in [7, 11) is 3.41. The van der Waals surface area contributed by atoms with Crippen molar-refractivity contribution >= 4 is 44.2 Å². The van der Waals surface area contributed by atoms with E-state index in [4.69, 9.17) is 21.3 Å². The second kappa shape index (κ2) is 11.2. The number of halogens is 1. The Kier molecular flexibility index (Phi) is 8.58. The van der Waals surface area contributed by atoms with Gasteiger partial charge in [0.05, 0.1) is 0 Å². The summed E-state index contributed by atoms with van der Waals surface area (Å²) in [5.74, 6) is 0.0451. The van der Waals surface area contributed by atoms with Crippen molar-refractivity contribution in [3.63, 3.8) is 0 Å². The van der Waals surface area contributed by atoms with E-state index in [1.807, 2.05) is 44.3 Å². The zero-order valence-electron chi connectivity index (χ0n) is 19.3. The Morgan fingerprint density at radius 3 is 2.71 bits per heavy atom. The van der Waals surface area contributed by atoms with Gasteiger partial charge < -0.3 is 0 Å². The maximum atomic E-state index is 12.7. The first-order chi connectivity index (χ1) is 16.1. The third-order valence-electron chi connectivity index (χ3n) is 5.13. The van der Waals surface area contributed by atoms with Crippen molar-refractivity contribution in [2.24, 2.45) is 7.05 Å². The SMILES string of the molecule is C=C(/C(COc1cccc2c(-c3ccnn3C)cc(C)nc12)=C(/Cl)[CH]=[Ni])S(=O)CC(=O)N(C)C. The Hall–Kier alpha value is -2.61. The number of carbonyl (C=O) groups excluding carboxylic acids is 1. The molecule has 7 nitrogen and oxygen atoms in total. The Morgan fingerprint density at radius 2 is 2.09 bits per heavy atom. The number of aryl methyl sites for hydroxylation is 2. The molecule has 1 amide bonds. The van der Waals surface area contributed by atoms with Crippen LogP contribution in [-0.2, 0) is 37.7 Å². The fraction of sp³-hybridized carbons (Fsp3) is 0.250. The standard InChI is InChI=1S/C24H25ClN4O3S.Ni/c1-15-12-19(21-10-11-26-29(21)6)18-8-7-9-22(24(18)27-15)32-13-20(16(2)25)17(3)33(31)14-23(30)28(4)5;/h2,7-12H,3,13-14H2,1,4-6H3;/b20-16+;. The molecular formula is C24H25ClN4NiO3S. The molecule has 2 heterocycles. The molecule has 2 aromatic heterocycles. The van der Waals surface area contributed by atoms with Crippen LogP contribution >= 0.6 is 11.6 Å². The van der Waals surface area contributed by atoms with Crippen LogP contribution in [0.4, 0.5) is 0 Å². The maximum absolute atomic E-state index is 12.7. The minimum atomic E-state index is -1.68. The molecule has 0 spiro atoms. The van der Waals surface area contributed by atoms with Crippen molar-refractivity contribution < 1.29 is 28.8 Å². The Bertz CT molecular complexity index is 1330. The van der Waals surface area contributed by atoms with Crippen LogP contribution in [0.3, 0.4) is 0 Å². The summed E-state index contributed by atoms with van der Waals surface area (Å²) >= 11 is 11.0. The molecule has 0 saturated heterocycles. The molecular weight excluding hydrogens is 519 g/mol. The molecule has 1 unspecified atom stereocenters. The molecule has 10 heteroatoms. The summed E-state index contributed by atoms with van der Waals surface area (Å²) in [5, 5.41) is 5.38. The number of pyridine rings is 1. The molecule has 0 bridgehead atoms. The molecule has 3 rings (SSSR count). The van der Waals surface area contributed by atoms with Crippen molar-refractivity contribution in [1.29, 1.82) is 0 Å². The molecule has 0 N–H and O–H groups in total. The fourth-order valence-electron chi connectivity index (χ4n) is 3.27. The van der Waals surface area contributed by atoms with E-state index in [-0.39, 0.29) is 28.2 Å². The van der Waals surface area contributed by atoms with Gasteiger partial charge in [0.15, 0.2) is 0 Å². The number of nitrogens with zero attached hydrogens (tertiary/aromatic N) is 4. The van der Waals surface area contributed by atoms with E-state index in [0.717, 1.165) is 22.3 Å². The molecule has 0 aliphatic rings. The summed E-state index contributed by atoms with van der Waals surface area (Å²) < 4.78 is 20.7. The number of carbonyl (C=O) groups is 1. The van der Waals surface area contributed by atoms with Gasteiger partial charge in [0.25, 0.3) is 0 Å². The molecule has 0 aliphatic carbocycles. The number of benzene rings is 1. The topological polar surface area (TPSA) is 77.3 Å². The zero-order chi connectivity index (χ0) is 25.0. The fourth-order valence-corrected chi connectivity index (χ4v) is 4.77. The third-order valence-corrected chi connectivity index (χ3v) is 7.20. The first-order valence-electron chi connectivity index (χ1n) is 10.2. The van der Waals surface area contributed by atoms with Gasteiger partial charge in [-0.1, -0.05) is 0 Å². The molecule has 3 aromatic rings. The van der Waals surface area contributed by atoms with Gasteiger partial charge in [0, 0.05) is 0 Å². The normalized spacial score (nSPS) is 12.8. The average molecular weight is 544 g/mol. The van der Waals surface area contributed by atoms with Gasteiger partial charge in [-0.3, -0.25) is 0 Å². The van der Waals surface area contributed by atoms with E-state index in [1.54, 1.807) is 25.0 Å². The van der Waals surface area contributed by atoms with Crippen molar-refractivity contribution in [2.45, 2.75) is 6.92 Å². The number of hydrogen-bond donors (Lipinski definition) is 0. The molecule has 0 aliphatic heterocycles. The summed E-state index contributed by atoms with van der Waals surface area (Å²) in [6, 6.07) is 9.61. The predicted octanol–water partition coefficient (Wildman–Crippen LogP) is 3.52. The van der Waals surface area contributed by atoms with Crippen LogP contribution in [0.25, 0.3) is 22.2 Å². The van der Waals surface area contributed by atoms with Gasteiger partial charge >= 0.3 is 214 Å². The molecule has 0 saturated carbocycles. The number of hydrogen-bond acceptors (Lipinski definition) is 5. The predicted molar refractivity (Wildman–Crippen MR) is 134 cm³/mol. The number of rotatable bonds is 9. The van der Waals surface area contributed by atoms with Gasteiger partial charge in [-0.15, -0.1) is 0 Å². The monoisotopic (exact) mass is 542 g/mol. The van der Waals surface area contributed by atoms with Crippen LogP contribution in [0.2, 0.25) is 0 Å². The number of aromatic nitrogens is 3. The van der Waals surface area contributed by atoms with E-state index < -0.39 is 10.8 Å². The van der Waals surface area contributed by atoms with E-state index in [0.29, 0.717) is 16.8 Å². The van der Waals surface area contributed by atoms with Crippen molar-refractivity contribution in [3.8, 4) is 17.0 Å². The van der Waals surface area contributed by atoms with Crippen molar-refractivity contribution in [2.75, 3.05) is 26.5 Å². The van der Waals surface area contributed by atoms with E-state index in [2.05, 4.69) is 26.7 Å². The first kappa shape index (κ1) is 26.0. The summed E-state index contributed by atoms with van der Waals surface area (Å²) in [6.45, 7) is 5.79. The Morgan fingerprint density at radius 1 is 1.35 bits per heavy atom. The van der Waals surface area contributed by atoms with Gasteiger partial charge in [-0.05, 0) is 0 Å². The van der Waals surface area contributed by atoms with Gasteiger partial charge in [0.1, 0.15) is 0 Å². The zero-order valence-corrected chi connectivity index (χ0v) is 21.8. The summed E-state index contributed by atoms with van der Waals surface area (Å²) in [4.78, 5) is 19.6. The average Bonchev–Trinajstić information content (AvgIpc) is 3.23. The van der Waals surface area contributed by atoms with Crippen LogP contribution in [0.15, 0.2) is 58.6 Å². The minimum absolute atomic E-state index is 0.0325. The molecule has 1 aromatic carbocycles. The van der Waals surface area contributed by atoms with Crippen LogP contribution in [0.1, 0.15) is 5.69 Å². The van der Waals surface area contributed by atoms with Crippen LogP contribution in [0, 0.1) is 6.92 Å². The molecule has 0 fully saturated rings. The Labute approximate surface area is 213 Å². The van der Waals surface area contributed by atoms with Crippen LogP contribution in [0.5, 0.6) is 5.75 Å². The molecule has 34 heavy (non-hydrogen) atoms. The second-order valence-corrected chi connectivity index (χ2v) is 9.88. The van der Waals surface area contributed by atoms with E-state index in [9.17, 15) is 9.00 Å². The van der Waals surface area contributed by atoms with Crippen molar-refractivity contribution in [3.05, 3.63) is 64.3 Å². The second-order valence-electron chi connectivity index (χ2n) is 7.71. The molecule has 1 atom stereocenters. The number of amides is 1. The number of para-hydroxylation sites is 1.